The standard InChI is InChI=1S/C18H16ClF3N6O3S/c1-17(18(20,21)22,31-28-32(29,30)13-5-3-2-4-6-13)27-16-9-15(24-11-25-16)26-14-8-7-12(19)10-23-14/h2-11,28H,1H3,(H2,23,24,25,26,27). The molecule has 0 radical (unpaired) electrons. The van der Waals surface area contributed by atoms with Gasteiger partial charge in [0.1, 0.15) is 23.8 Å². The zero-order valence-electron chi connectivity index (χ0n) is 16.3. The van der Waals surface area contributed by atoms with E-state index in [1.54, 1.807) is 18.2 Å². The van der Waals surface area contributed by atoms with E-state index in [0.29, 0.717) is 17.8 Å². The van der Waals surface area contributed by atoms with Crippen molar-refractivity contribution in [2.45, 2.75) is 23.7 Å². The molecule has 2 heterocycles. The van der Waals surface area contributed by atoms with E-state index in [1.807, 2.05) is 5.32 Å². The Balaban J connectivity index is 1.79. The van der Waals surface area contributed by atoms with E-state index in [2.05, 4.69) is 25.1 Å². The summed E-state index contributed by atoms with van der Waals surface area (Å²) in [6, 6.07) is 11.1. The number of halogens is 4. The topological polar surface area (TPSA) is 118 Å². The first kappa shape index (κ1) is 23.7. The Morgan fingerprint density at radius 1 is 0.969 bits per heavy atom. The van der Waals surface area contributed by atoms with Crippen LogP contribution >= 0.6 is 11.6 Å². The second kappa shape index (κ2) is 9.24. The lowest BCUT2D eigenvalue weighted by Gasteiger charge is -2.32. The fraction of sp³-hybridized carbons (Fsp3) is 0.167. The Morgan fingerprint density at radius 2 is 1.66 bits per heavy atom. The molecular weight excluding hydrogens is 473 g/mol. The second-order valence-electron chi connectivity index (χ2n) is 6.43. The number of alkyl halides is 3. The van der Waals surface area contributed by atoms with Gasteiger partial charge in [-0.15, -0.1) is 0 Å². The van der Waals surface area contributed by atoms with Gasteiger partial charge in [-0.25, -0.2) is 28.2 Å². The van der Waals surface area contributed by atoms with Crippen LogP contribution in [-0.2, 0) is 14.9 Å². The SMILES string of the molecule is CC(Nc1cc(Nc2ccc(Cl)cn2)ncn1)(ONS(=O)(=O)c1ccccc1)C(F)(F)F. The molecule has 0 fully saturated rings. The van der Waals surface area contributed by atoms with Gasteiger partial charge < -0.3 is 10.6 Å². The number of nitrogens with one attached hydrogen (secondary N) is 3. The number of hydrogen-bond acceptors (Lipinski definition) is 8. The molecule has 0 aliphatic heterocycles. The molecule has 0 aliphatic carbocycles. The predicted octanol–water partition coefficient (Wildman–Crippen LogP) is 3.87. The Kier molecular flexibility index (Phi) is 6.83. The number of anilines is 3. The summed E-state index contributed by atoms with van der Waals surface area (Å²) in [5.74, 6) is 0.159. The summed E-state index contributed by atoms with van der Waals surface area (Å²) >= 11 is 5.76. The van der Waals surface area contributed by atoms with E-state index in [0.717, 1.165) is 12.4 Å². The van der Waals surface area contributed by atoms with Crippen molar-refractivity contribution < 1.29 is 26.4 Å². The summed E-state index contributed by atoms with van der Waals surface area (Å²) in [4.78, 5) is 17.5. The van der Waals surface area contributed by atoms with Crippen molar-refractivity contribution in [3.05, 3.63) is 66.1 Å². The van der Waals surface area contributed by atoms with Gasteiger partial charge in [-0.2, -0.15) is 13.2 Å². The highest BCUT2D eigenvalue weighted by Crippen LogP contribution is 2.34. The van der Waals surface area contributed by atoms with Crippen LogP contribution < -0.4 is 15.5 Å². The molecule has 170 valence electrons. The van der Waals surface area contributed by atoms with E-state index in [4.69, 9.17) is 11.6 Å². The Hall–Kier alpha value is -3.00. The molecule has 0 bridgehead atoms. The Labute approximate surface area is 186 Å². The fourth-order valence-corrected chi connectivity index (χ4v) is 3.26. The van der Waals surface area contributed by atoms with E-state index < -0.39 is 21.9 Å². The maximum absolute atomic E-state index is 13.7. The maximum Gasteiger partial charge on any atom is 0.438 e. The van der Waals surface area contributed by atoms with Crippen molar-refractivity contribution in [1.82, 2.24) is 19.8 Å². The Morgan fingerprint density at radius 3 is 2.28 bits per heavy atom. The third kappa shape index (κ3) is 5.82. The lowest BCUT2D eigenvalue weighted by Crippen LogP contribution is -2.55. The zero-order chi connectivity index (χ0) is 23.4. The summed E-state index contributed by atoms with van der Waals surface area (Å²) in [6.45, 7) is 0.608. The molecule has 9 nitrogen and oxygen atoms in total. The maximum atomic E-state index is 13.7. The van der Waals surface area contributed by atoms with E-state index in [-0.39, 0.29) is 16.5 Å². The number of benzene rings is 1. The third-order valence-corrected chi connectivity index (χ3v) is 5.39. The van der Waals surface area contributed by atoms with Crippen LogP contribution in [0.25, 0.3) is 0 Å². The van der Waals surface area contributed by atoms with Crippen molar-refractivity contribution in [3.63, 3.8) is 0 Å². The molecule has 1 aromatic carbocycles. The molecule has 2 aromatic heterocycles. The lowest BCUT2D eigenvalue weighted by atomic mass is 10.2. The molecule has 14 heteroatoms. The van der Waals surface area contributed by atoms with Gasteiger partial charge in [0.15, 0.2) is 0 Å². The summed E-state index contributed by atoms with van der Waals surface area (Å²) in [6.07, 6.45) is -2.66. The molecule has 1 atom stereocenters. The molecule has 0 amide bonds. The summed E-state index contributed by atoms with van der Waals surface area (Å²) in [5, 5.41) is 5.23. The van der Waals surface area contributed by atoms with Crippen LogP contribution in [0.15, 0.2) is 66.0 Å². The third-order valence-electron chi connectivity index (χ3n) is 3.97. The molecule has 1 unspecified atom stereocenters. The van der Waals surface area contributed by atoms with E-state index in [9.17, 15) is 21.6 Å². The van der Waals surface area contributed by atoms with E-state index >= 15 is 0 Å². The second-order valence-corrected chi connectivity index (χ2v) is 8.51. The number of nitrogens with zero attached hydrogens (tertiary/aromatic N) is 3. The number of pyridine rings is 1. The minimum Gasteiger partial charge on any atom is -0.333 e. The van der Waals surface area contributed by atoms with Crippen molar-refractivity contribution in [2.24, 2.45) is 0 Å². The van der Waals surface area contributed by atoms with E-state index in [1.165, 1.54) is 35.3 Å². The molecule has 3 rings (SSSR count). The summed E-state index contributed by atoms with van der Waals surface area (Å²) in [7, 11) is -4.37. The number of rotatable bonds is 8. The number of sulfonamides is 1. The van der Waals surface area contributed by atoms with Crippen molar-refractivity contribution >= 4 is 39.1 Å². The highest BCUT2D eigenvalue weighted by atomic mass is 35.5. The van der Waals surface area contributed by atoms with Gasteiger partial charge in [-0.1, -0.05) is 34.7 Å². The largest absolute Gasteiger partial charge is 0.438 e. The van der Waals surface area contributed by atoms with Gasteiger partial charge in [0, 0.05) is 12.3 Å². The van der Waals surface area contributed by atoms with Crippen LogP contribution in [0, 0.1) is 0 Å². The molecule has 0 saturated heterocycles. The van der Waals surface area contributed by atoms with Gasteiger partial charge >= 0.3 is 6.18 Å². The van der Waals surface area contributed by atoms with Crippen molar-refractivity contribution in [1.29, 1.82) is 0 Å². The summed E-state index contributed by atoms with van der Waals surface area (Å²) in [5.41, 5.74) is -3.17. The first-order valence-corrected chi connectivity index (χ1v) is 10.6. The quantitative estimate of drug-likeness (QED) is 0.323. The van der Waals surface area contributed by atoms with Crippen LogP contribution in [-0.4, -0.2) is 35.3 Å². The number of hydrogen-bond donors (Lipinski definition) is 3. The smallest absolute Gasteiger partial charge is 0.333 e. The lowest BCUT2D eigenvalue weighted by molar-refractivity contribution is -0.268. The molecule has 0 aliphatic rings. The van der Waals surface area contributed by atoms with Gasteiger partial charge in [-0.05, 0) is 31.2 Å². The van der Waals surface area contributed by atoms with Gasteiger partial charge in [0.05, 0.1) is 9.92 Å². The van der Waals surface area contributed by atoms with Gasteiger partial charge in [-0.3, -0.25) is 0 Å². The molecule has 0 saturated carbocycles. The van der Waals surface area contributed by atoms with Crippen LogP contribution in [0.1, 0.15) is 6.92 Å². The van der Waals surface area contributed by atoms with Crippen LogP contribution in [0.5, 0.6) is 0 Å². The first-order valence-electron chi connectivity index (χ1n) is 8.79. The van der Waals surface area contributed by atoms with Gasteiger partial charge in [0.25, 0.3) is 15.7 Å². The van der Waals surface area contributed by atoms with Crippen LogP contribution in [0.3, 0.4) is 0 Å². The summed E-state index contributed by atoms with van der Waals surface area (Å²) < 4.78 is 65.8. The van der Waals surface area contributed by atoms with Crippen LogP contribution in [0.4, 0.5) is 30.6 Å². The number of aromatic nitrogens is 3. The van der Waals surface area contributed by atoms with Gasteiger partial charge in [0.2, 0.25) is 0 Å². The minimum absolute atomic E-state index is 0.117. The highest BCUT2D eigenvalue weighted by molar-refractivity contribution is 7.89. The monoisotopic (exact) mass is 488 g/mol. The molecule has 0 spiro atoms. The first-order chi connectivity index (χ1) is 15.0. The predicted molar refractivity (Wildman–Crippen MR) is 110 cm³/mol. The molecular formula is C18H16ClF3N6O3S. The van der Waals surface area contributed by atoms with Crippen LogP contribution in [0.2, 0.25) is 5.02 Å². The van der Waals surface area contributed by atoms with Crippen molar-refractivity contribution in [3.8, 4) is 0 Å². The molecule has 3 N–H and O–H groups in total. The zero-order valence-corrected chi connectivity index (χ0v) is 17.8. The normalized spacial score (nSPS) is 13.9. The molecule has 32 heavy (non-hydrogen) atoms. The van der Waals surface area contributed by atoms with Crippen molar-refractivity contribution in [2.75, 3.05) is 10.6 Å². The minimum atomic E-state index is -5.04. The highest BCUT2D eigenvalue weighted by Gasteiger charge is 2.54. The Bertz CT molecular complexity index is 1170. The molecule has 3 aromatic rings. The average Bonchev–Trinajstić information content (AvgIpc) is 2.74. The fourth-order valence-electron chi connectivity index (χ4n) is 2.26. The average molecular weight is 489 g/mol.